The zero-order valence-electron chi connectivity index (χ0n) is 10.4. The second-order valence-corrected chi connectivity index (χ2v) is 10.2. The third-order valence-electron chi connectivity index (χ3n) is 2.68. The highest BCUT2D eigenvalue weighted by atomic mass is 79.9. The summed E-state index contributed by atoms with van der Waals surface area (Å²) < 4.78 is 28.4. The second-order valence-electron chi connectivity index (χ2n) is 4.23. The summed E-state index contributed by atoms with van der Waals surface area (Å²) in [6.07, 6.45) is 0. The van der Waals surface area contributed by atoms with Crippen molar-refractivity contribution in [2.75, 3.05) is 29.5 Å². The molecule has 0 bridgehead atoms. The molecule has 0 saturated carbocycles. The van der Waals surface area contributed by atoms with Crippen molar-refractivity contribution in [2.24, 2.45) is 0 Å². The smallest absolute Gasteiger partial charge is 0.242 e. The first kappa shape index (κ1) is 17.0. The van der Waals surface area contributed by atoms with Crippen LogP contribution in [0.1, 0.15) is 0 Å². The lowest BCUT2D eigenvalue weighted by Gasteiger charge is -2.21. The number of nitrogens with two attached hydrogens (primary N) is 1. The van der Waals surface area contributed by atoms with Gasteiger partial charge < -0.3 is 5.73 Å². The summed E-state index contributed by atoms with van der Waals surface area (Å²) in [5.74, 6) is 3.20. The van der Waals surface area contributed by atoms with Gasteiger partial charge in [-0.2, -0.15) is 23.5 Å². The molecule has 1 unspecified atom stereocenters. The predicted molar refractivity (Wildman–Crippen MR) is 95.0 cm³/mol. The van der Waals surface area contributed by atoms with E-state index in [1.807, 2.05) is 23.5 Å². The van der Waals surface area contributed by atoms with Crippen molar-refractivity contribution < 1.29 is 8.42 Å². The molecular formula is C11H14Br2N2O2S3. The van der Waals surface area contributed by atoms with Gasteiger partial charge in [0.15, 0.2) is 0 Å². The Morgan fingerprint density at radius 1 is 1.30 bits per heavy atom. The van der Waals surface area contributed by atoms with Crippen LogP contribution in [-0.4, -0.2) is 37.5 Å². The fraction of sp³-hybridized carbons (Fsp3) is 0.455. The highest BCUT2D eigenvalue weighted by molar-refractivity contribution is 9.11. The number of halogens is 2. The summed E-state index contributed by atoms with van der Waals surface area (Å²) in [5, 5.41) is 0.329. The third-order valence-corrected chi connectivity index (χ3v) is 8.82. The molecule has 1 saturated heterocycles. The molecule has 4 nitrogen and oxygen atoms in total. The largest absolute Gasteiger partial charge is 0.399 e. The minimum absolute atomic E-state index is 0.195. The van der Waals surface area contributed by atoms with E-state index in [1.54, 1.807) is 12.1 Å². The Labute approximate surface area is 144 Å². The number of hydrogen-bond donors (Lipinski definition) is 2. The maximum Gasteiger partial charge on any atom is 0.242 e. The Balaban J connectivity index is 2.14. The maximum atomic E-state index is 12.4. The van der Waals surface area contributed by atoms with E-state index in [2.05, 4.69) is 36.6 Å². The van der Waals surface area contributed by atoms with Crippen LogP contribution in [-0.2, 0) is 10.0 Å². The minimum atomic E-state index is -3.56. The van der Waals surface area contributed by atoms with Crippen molar-refractivity contribution in [2.45, 2.75) is 10.1 Å². The van der Waals surface area contributed by atoms with E-state index in [1.165, 1.54) is 0 Å². The molecule has 1 aliphatic heterocycles. The van der Waals surface area contributed by atoms with Crippen LogP contribution in [0.25, 0.3) is 0 Å². The fourth-order valence-corrected chi connectivity index (χ4v) is 8.18. The summed E-state index contributed by atoms with van der Waals surface area (Å²) in [7, 11) is -3.56. The Kier molecular flexibility index (Phi) is 6.13. The van der Waals surface area contributed by atoms with E-state index in [9.17, 15) is 8.42 Å². The van der Waals surface area contributed by atoms with Crippen LogP contribution < -0.4 is 10.5 Å². The summed E-state index contributed by atoms with van der Waals surface area (Å²) >= 11 is 10.2. The summed E-state index contributed by atoms with van der Waals surface area (Å²) in [6, 6.07) is 3.18. The van der Waals surface area contributed by atoms with Crippen LogP contribution in [0.2, 0.25) is 0 Å². The molecule has 1 aliphatic rings. The van der Waals surface area contributed by atoms with Crippen molar-refractivity contribution in [3.63, 3.8) is 0 Å². The van der Waals surface area contributed by atoms with Gasteiger partial charge in [0.05, 0.1) is 0 Å². The monoisotopic (exact) mass is 460 g/mol. The summed E-state index contributed by atoms with van der Waals surface area (Å²) in [6.45, 7) is 0.448. The average molecular weight is 462 g/mol. The highest BCUT2D eigenvalue weighted by Crippen LogP contribution is 2.32. The van der Waals surface area contributed by atoms with Gasteiger partial charge in [-0.25, -0.2) is 13.1 Å². The van der Waals surface area contributed by atoms with Gasteiger partial charge in [0, 0.05) is 43.7 Å². The van der Waals surface area contributed by atoms with Crippen molar-refractivity contribution >= 4 is 71.1 Å². The Hall–Kier alpha value is 0.590. The standard InChI is InChI=1S/C11H14Br2N2O2S3/c12-9-3-7(14)4-10(13)11(9)20(16,17)15-5-8-6-18-1-2-19-8/h3-4,8,15H,1-2,5-6,14H2. The zero-order chi connectivity index (χ0) is 14.8. The number of thioether (sulfide) groups is 2. The Bertz CT molecular complexity index is 566. The molecule has 0 aromatic heterocycles. The van der Waals surface area contributed by atoms with Crippen LogP contribution in [0, 0.1) is 0 Å². The molecular weight excluding hydrogens is 448 g/mol. The lowest BCUT2D eigenvalue weighted by atomic mass is 10.3. The minimum Gasteiger partial charge on any atom is -0.399 e. The van der Waals surface area contributed by atoms with E-state index >= 15 is 0 Å². The predicted octanol–water partition coefficient (Wildman–Crippen LogP) is 2.92. The van der Waals surface area contributed by atoms with Gasteiger partial charge in [-0.15, -0.1) is 0 Å². The Morgan fingerprint density at radius 3 is 2.50 bits per heavy atom. The number of rotatable bonds is 4. The molecule has 0 radical (unpaired) electrons. The first-order chi connectivity index (χ1) is 9.40. The average Bonchev–Trinajstić information content (AvgIpc) is 2.36. The third kappa shape index (κ3) is 4.30. The van der Waals surface area contributed by atoms with Gasteiger partial charge >= 0.3 is 0 Å². The number of benzene rings is 1. The molecule has 1 fully saturated rings. The molecule has 2 rings (SSSR count). The van der Waals surface area contributed by atoms with Gasteiger partial charge in [0.25, 0.3) is 0 Å². The van der Waals surface area contributed by atoms with Crippen molar-refractivity contribution in [1.82, 2.24) is 4.72 Å². The summed E-state index contributed by atoms with van der Waals surface area (Å²) in [4.78, 5) is 0.195. The number of nitrogens with one attached hydrogen (secondary N) is 1. The molecule has 0 amide bonds. The molecule has 0 aliphatic carbocycles. The van der Waals surface area contributed by atoms with Gasteiger partial charge in [-0.3, -0.25) is 0 Å². The first-order valence-corrected chi connectivity index (χ1v) is 11.1. The number of nitrogen functional groups attached to an aromatic ring is 1. The van der Waals surface area contributed by atoms with Gasteiger partial charge in [0.1, 0.15) is 4.90 Å². The van der Waals surface area contributed by atoms with Crippen molar-refractivity contribution in [3.05, 3.63) is 21.1 Å². The topological polar surface area (TPSA) is 72.2 Å². The molecule has 1 heterocycles. The van der Waals surface area contributed by atoms with E-state index in [-0.39, 0.29) is 4.90 Å². The summed E-state index contributed by atoms with van der Waals surface area (Å²) in [5.41, 5.74) is 6.18. The van der Waals surface area contributed by atoms with Crippen LogP contribution in [0.15, 0.2) is 26.0 Å². The molecule has 1 atom stereocenters. The molecule has 20 heavy (non-hydrogen) atoms. The van der Waals surface area contributed by atoms with E-state index in [0.717, 1.165) is 17.3 Å². The molecule has 1 aromatic carbocycles. The number of sulfonamides is 1. The lowest BCUT2D eigenvalue weighted by Crippen LogP contribution is -2.33. The van der Waals surface area contributed by atoms with Crippen LogP contribution in [0.3, 0.4) is 0 Å². The van der Waals surface area contributed by atoms with Crippen LogP contribution in [0.4, 0.5) is 5.69 Å². The highest BCUT2D eigenvalue weighted by Gasteiger charge is 2.24. The maximum absolute atomic E-state index is 12.4. The van der Waals surface area contributed by atoms with E-state index < -0.39 is 10.0 Å². The molecule has 112 valence electrons. The SMILES string of the molecule is Nc1cc(Br)c(S(=O)(=O)NCC2CSCCS2)c(Br)c1. The van der Waals surface area contributed by atoms with Crippen molar-refractivity contribution in [1.29, 1.82) is 0 Å². The van der Waals surface area contributed by atoms with E-state index in [4.69, 9.17) is 5.73 Å². The normalized spacial score (nSPS) is 20.0. The molecule has 1 aromatic rings. The van der Waals surface area contributed by atoms with Gasteiger partial charge in [-0.05, 0) is 44.0 Å². The van der Waals surface area contributed by atoms with Gasteiger partial charge in [-0.1, -0.05) is 0 Å². The fourth-order valence-electron chi connectivity index (χ4n) is 1.77. The Morgan fingerprint density at radius 2 is 1.95 bits per heavy atom. The number of hydrogen-bond acceptors (Lipinski definition) is 5. The molecule has 9 heteroatoms. The van der Waals surface area contributed by atoms with E-state index in [0.29, 0.717) is 26.4 Å². The second kappa shape index (κ2) is 7.23. The molecule has 0 spiro atoms. The quantitative estimate of drug-likeness (QED) is 0.674. The lowest BCUT2D eigenvalue weighted by molar-refractivity contribution is 0.580. The number of anilines is 1. The van der Waals surface area contributed by atoms with Crippen molar-refractivity contribution in [3.8, 4) is 0 Å². The zero-order valence-corrected chi connectivity index (χ0v) is 16.1. The first-order valence-electron chi connectivity index (χ1n) is 5.83. The van der Waals surface area contributed by atoms with Crippen LogP contribution in [0.5, 0.6) is 0 Å². The van der Waals surface area contributed by atoms with Crippen LogP contribution >= 0.6 is 55.4 Å². The van der Waals surface area contributed by atoms with Gasteiger partial charge in [0.2, 0.25) is 10.0 Å². The molecule has 3 N–H and O–H groups in total.